The molecule has 4 heteroatoms. The number of para-hydroxylation sites is 1. The van der Waals surface area contributed by atoms with Crippen molar-refractivity contribution in [3.63, 3.8) is 0 Å². The smallest absolute Gasteiger partial charge is 0.159 e. The van der Waals surface area contributed by atoms with Crippen molar-refractivity contribution < 1.29 is 0 Å². The molecule has 0 amide bonds. The highest BCUT2D eigenvalue weighted by molar-refractivity contribution is 6.16. The van der Waals surface area contributed by atoms with Gasteiger partial charge in [0.25, 0.3) is 0 Å². The number of fused-ring (bicyclic) bond motifs is 4. The molecule has 1 aliphatic rings. The lowest BCUT2D eigenvalue weighted by atomic mass is 9.90. The van der Waals surface area contributed by atoms with E-state index in [2.05, 4.69) is 139 Å². The monoisotopic (exact) mass is 614 g/mol. The molecule has 1 aromatic heterocycles. The van der Waals surface area contributed by atoms with Crippen LogP contribution in [0.3, 0.4) is 0 Å². The summed E-state index contributed by atoms with van der Waals surface area (Å²) in [7, 11) is 0. The summed E-state index contributed by atoms with van der Waals surface area (Å²) in [5.41, 5.74) is 8.45. The topological polar surface area (TPSA) is 49.6 Å². The first-order chi connectivity index (χ1) is 23.8. The fraction of sp³-hybridized carbons (Fsp3) is 0.0227. The summed E-state index contributed by atoms with van der Waals surface area (Å²) in [5, 5.41) is 9.70. The van der Waals surface area contributed by atoms with Crippen LogP contribution in [0.5, 0.6) is 0 Å². The normalized spacial score (nSPS) is 14.5. The standard InChI is InChI=1S/C44H30N4/c1-3-13-30(14-4-1)42-46-43(31-15-5-2-6-16-31)48-44(47-42)35-26-33(37-23-11-18-29-19-12-24-45-41(29)37)25-34(27-35)40-28-32-17-7-8-20-36(32)38-21-9-10-22-39(38)40/h1-28,42H,(H,46,47,48). The number of benzene rings is 7. The number of nitrogens with zero attached hydrogens (tertiary/aromatic N) is 3. The average molecular weight is 615 g/mol. The number of amidine groups is 2. The molecule has 0 saturated heterocycles. The van der Waals surface area contributed by atoms with Crippen molar-refractivity contribution in [3.05, 3.63) is 187 Å². The van der Waals surface area contributed by atoms with Crippen LogP contribution in [0.1, 0.15) is 22.9 Å². The van der Waals surface area contributed by atoms with Gasteiger partial charge in [-0.25, -0.2) is 9.98 Å². The van der Waals surface area contributed by atoms with Crippen LogP contribution < -0.4 is 5.32 Å². The summed E-state index contributed by atoms with van der Waals surface area (Å²) in [6.45, 7) is 0. The third-order valence-corrected chi connectivity index (χ3v) is 9.12. The van der Waals surface area contributed by atoms with Crippen molar-refractivity contribution in [1.29, 1.82) is 0 Å². The number of hydrogen-bond acceptors (Lipinski definition) is 4. The molecule has 0 radical (unpaired) electrons. The van der Waals surface area contributed by atoms with E-state index >= 15 is 0 Å². The molecule has 0 bridgehead atoms. The van der Waals surface area contributed by atoms with Crippen molar-refractivity contribution in [1.82, 2.24) is 10.3 Å². The summed E-state index contributed by atoms with van der Waals surface area (Å²) in [4.78, 5) is 15.1. The van der Waals surface area contributed by atoms with Gasteiger partial charge in [-0.3, -0.25) is 4.98 Å². The van der Waals surface area contributed by atoms with Crippen molar-refractivity contribution in [2.24, 2.45) is 9.98 Å². The van der Waals surface area contributed by atoms with E-state index in [-0.39, 0.29) is 6.17 Å². The molecule has 0 aliphatic carbocycles. The zero-order valence-corrected chi connectivity index (χ0v) is 26.1. The molecule has 7 aromatic carbocycles. The minimum atomic E-state index is -0.290. The summed E-state index contributed by atoms with van der Waals surface area (Å²) in [6, 6.07) is 57.5. The van der Waals surface area contributed by atoms with Gasteiger partial charge in [-0.1, -0.05) is 133 Å². The van der Waals surface area contributed by atoms with Crippen LogP contribution in [0.25, 0.3) is 54.7 Å². The summed E-state index contributed by atoms with van der Waals surface area (Å²) < 4.78 is 0. The Morgan fingerprint density at radius 1 is 0.458 bits per heavy atom. The lowest BCUT2D eigenvalue weighted by Gasteiger charge is -2.24. The number of aromatic nitrogens is 1. The average Bonchev–Trinajstić information content (AvgIpc) is 3.17. The zero-order chi connectivity index (χ0) is 31.9. The molecule has 1 N–H and O–H groups in total. The summed E-state index contributed by atoms with van der Waals surface area (Å²) in [5.74, 6) is 1.48. The van der Waals surface area contributed by atoms with E-state index in [1.54, 1.807) is 0 Å². The van der Waals surface area contributed by atoms with Crippen LogP contribution in [0.15, 0.2) is 180 Å². The highest BCUT2D eigenvalue weighted by atomic mass is 15.2. The van der Waals surface area contributed by atoms with Crippen LogP contribution in [-0.2, 0) is 0 Å². The third-order valence-electron chi connectivity index (χ3n) is 9.12. The van der Waals surface area contributed by atoms with Gasteiger partial charge in [0.15, 0.2) is 5.84 Å². The number of aliphatic imine (C=N–C) groups is 2. The van der Waals surface area contributed by atoms with E-state index in [0.717, 1.165) is 50.1 Å². The molecular weight excluding hydrogens is 585 g/mol. The van der Waals surface area contributed by atoms with Gasteiger partial charge in [0, 0.05) is 28.3 Å². The highest BCUT2D eigenvalue weighted by Crippen LogP contribution is 2.38. The Labute approximate surface area is 278 Å². The Kier molecular flexibility index (Phi) is 6.83. The van der Waals surface area contributed by atoms with Crippen LogP contribution in [-0.4, -0.2) is 16.7 Å². The van der Waals surface area contributed by atoms with Crippen LogP contribution in [0.2, 0.25) is 0 Å². The van der Waals surface area contributed by atoms with Crippen molar-refractivity contribution >= 4 is 44.1 Å². The molecule has 4 nitrogen and oxygen atoms in total. The molecule has 0 fully saturated rings. The van der Waals surface area contributed by atoms with E-state index in [4.69, 9.17) is 15.0 Å². The Balaban J connectivity index is 1.30. The number of pyridine rings is 1. The van der Waals surface area contributed by atoms with Gasteiger partial charge < -0.3 is 5.32 Å². The zero-order valence-electron chi connectivity index (χ0n) is 26.1. The number of rotatable bonds is 5. The number of nitrogens with one attached hydrogen (secondary N) is 1. The molecule has 1 unspecified atom stereocenters. The fourth-order valence-electron chi connectivity index (χ4n) is 6.82. The molecule has 0 saturated carbocycles. The SMILES string of the molecule is c1ccc(C2=NC(c3ccccc3)NC(c3cc(-c4cc5ccccc5c5ccccc45)cc(-c4cccc5cccnc45)c3)=N2)cc1. The fourth-order valence-corrected chi connectivity index (χ4v) is 6.82. The molecule has 0 spiro atoms. The lowest BCUT2D eigenvalue weighted by molar-refractivity contribution is 0.674. The second kappa shape index (κ2) is 11.8. The maximum absolute atomic E-state index is 5.18. The van der Waals surface area contributed by atoms with Crippen LogP contribution >= 0.6 is 0 Å². The minimum absolute atomic E-state index is 0.290. The maximum atomic E-state index is 5.18. The van der Waals surface area contributed by atoms with Crippen LogP contribution in [0.4, 0.5) is 0 Å². The molecule has 226 valence electrons. The molecule has 1 atom stereocenters. The van der Waals surface area contributed by atoms with E-state index in [1.807, 2.05) is 36.5 Å². The van der Waals surface area contributed by atoms with Gasteiger partial charge in [0.05, 0.1) is 5.52 Å². The third kappa shape index (κ3) is 5.01. The predicted octanol–water partition coefficient (Wildman–Crippen LogP) is 10.4. The van der Waals surface area contributed by atoms with Crippen LogP contribution in [0, 0.1) is 0 Å². The molecule has 2 heterocycles. The largest absolute Gasteiger partial charge is 0.344 e. The molecule has 48 heavy (non-hydrogen) atoms. The van der Waals surface area contributed by atoms with Gasteiger partial charge in [-0.15, -0.1) is 0 Å². The first-order valence-electron chi connectivity index (χ1n) is 16.2. The summed E-state index contributed by atoms with van der Waals surface area (Å²) in [6.07, 6.45) is 1.58. The van der Waals surface area contributed by atoms with E-state index in [0.29, 0.717) is 5.84 Å². The first-order valence-corrected chi connectivity index (χ1v) is 16.2. The van der Waals surface area contributed by atoms with Crippen molar-refractivity contribution in [2.45, 2.75) is 6.17 Å². The highest BCUT2D eigenvalue weighted by Gasteiger charge is 2.22. The Morgan fingerprint density at radius 2 is 1.10 bits per heavy atom. The quantitative estimate of drug-likeness (QED) is 0.196. The summed E-state index contributed by atoms with van der Waals surface area (Å²) >= 11 is 0. The maximum Gasteiger partial charge on any atom is 0.159 e. The Hall–Kier alpha value is -6.39. The second-order valence-electron chi connectivity index (χ2n) is 12.1. The number of hydrogen-bond donors (Lipinski definition) is 1. The molecule has 1 aliphatic heterocycles. The van der Waals surface area contributed by atoms with Gasteiger partial charge in [0.2, 0.25) is 0 Å². The molecule has 8 aromatic rings. The predicted molar refractivity (Wildman–Crippen MR) is 199 cm³/mol. The first kappa shape index (κ1) is 27.9. The van der Waals surface area contributed by atoms with Gasteiger partial charge in [0.1, 0.15) is 12.0 Å². The van der Waals surface area contributed by atoms with Crippen molar-refractivity contribution in [3.8, 4) is 22.3 Å². The Morgan fingerprint density at radius 3 is 1.94 bits per heavy atom. The van der Waals surface area contributed by atoms with Gasteiger partial charge in [-0.05, 0) is 74.1 Å². The van der Waals surface area contributed by atoms with Gasteiger partial charge >= 0.3 is 0 Å². The lowest BCUT2D eigenvalue weighted by Crippen LogP contribution is -2.33. The molecule has 9 rings (SSSR count). The molecular formula is C44H30N4. The Bertz CT molecular complexity index is 2530. The second-order valence-corrected chi connectivity index (χ2v) is 12.1. The van der Waals surface area contributed by atoms with E-state index in [1.165, 1.54) is 27.1 Å². The minimum Gasteiger partial charge on any atom is -0.344 e. The van der Waals surface area contributed by atoms with Gasteiger partial charge in [-0.2, -0.15) is 0 Å². The van der Waals surface area contributed by atoms with E-state index in [9.17, 15) is 0 Å². The van der Waals surface area contributed by atoms with E-state index < -0.39 is 0 Å². The van der Waals surface area contributed by atoms with Crippen molar-refractivity contribution in [2.75, 3.05) is 0 Å².